The van der Waals surface area contributed by atoms with Crippen molar-refractivity contribution < 1.29 is 9.59 Å². The highest BCUT2D eigenvalue weighted by Crippen LogP contribution is 2.58. The van der Waals surface area contributed by atoms with Gasteiger partial charge in [-0.05, 0) is 44.1 Å². The van der Waals surface area contributed by atoms with Crippen LogP contribution in [0.2, 0.25) is 0 Å². The number of fused-ring (bicyclic) bond motifs is 5. The van der Waals surface area contributed by atoms with Crippen LogP contribution in [-0.2, 0) is 15.0 Å². The quantitative estimate of drug-likeness (QED) is 0.677. The van der Waals surface area contributed by atoms with Crippen molar-refractivity contribution in [2.75, 3.05) is 25.0 Å². The number of benzene rings is 1. The fraction of sp³-hybridized carbons (Fsp3) is 0.455. The van der Waals surface area contributed by atoms with Crippen molar-refractivity contribution in [3.8, 4) is 0 Å². The van der Waals surface area contributed by atoms with E-state index in [2.05, 4.69) is 37.1 Å². The van der Waals surface area contributed by atoms with E-state index in [1.165, 1.54) is 11.1 Å². The molecule has 1 aromatic carbocycles. The van der Waals surface area contributed by atoms with Crippen LogP contribution in [0, 0.1) is 5.92 Å². The second kappa shape index (κ2) is 5.40. The zero-order valence-electron chi connectivity index (χ0n) is 15.4. The molecule has 3 aliphatic heterocycles. The van der Waals surface area contributed by atoms with E-state index >= 15 is 0 Å². The van der Waals surface area contributed by atoms with Gasteiger partial charge in [-0.25, -0.2) is 0 Å². The molecule has 0 radical (unpaired) electrons. The third-order valence-electron chi connectivity index (χ3n) is 6.91. The van der Waals surface area contributed by atoms with E-state index in [9.17, 15) is 9.59 Å². The highest BCUT2D eigenvalue weighted by molar-refractivity contribution is 6.08. The maximum atomic E-state index is 13.6. The van der Waals surface area contributed by atoms with Crippen LogP contribution in [0.4, 0.5) is 5.69 Å². The Hall–Kier alpha value is -2.20. The molecule has 134 valence electrons. The van der Waals surface area contributed by atoms with Crippen molar-refractivity contribution in [2.45, 2.75) is 37.6 Å². The van der Waals surface area contributed by atoms with Crippen LogP contribution in [0.15, 0.2) is 47.6 Å². The number of anilines is 1. The smallest absolute Gasteiger partial charge is 0.231 e. The third kappa shape index (κ3) is 1.83. The first kappa shape index (κ1) is 16.0. The molecule has 1 saturated carbocycles. The van der Waals surface area contributed by atoms with Gasteiger partial charge in [0, 0.05) is 31.0 Å². The second-order valence-electron chi connectivity index (χ2n) is 8.09. The summed E-state index contributed by atoms with van der Waals surface area (Å²) in [6, 6.07) is 7.95. The number of rotatable bonds is 0. The fourth-order valence-electron chi connectivity index (χ4n) is 5.73. The van der Waals surface area contributed by atoms with Crippen LogP contribution in [0.3, 0.4) is 0 Å². The lowest BCUT2D eigenvalue weighted by Gasteiger charge is -2.47. The van der Waals surface area contributed by atoms with Crippen LogP contribution >= 0.6 is 0 Å². The van der Waals surface area contributed by atoms with E-state index in [0.29, 0.717) is 18.6 Å². The summed E-state index contributed by atoms with van der Waals surface area (Å²) < 4.78 is 0. The first-order chi connectivity index (χ1) is 12.6. The summed E-state index contributed by atoms with van der Waals surface area (Å²) in [4.78, 5) is 30.8. The van der Waals surface area contributed by atoms with Crippen molar-refractivity contribution in [3.05, 3.63) is 53.1 Å². The molecule has 3 heterocycles. The molecule has 4 heteroatoms. The average molecular weight is 348 g/mol. The molecule has 26 heavy (non-hydrogen) atoms. The van der Waals surface area contributed by atoms with Gasteiger partial charge in [0.1, 0.15) is 5.78 Å². The van der Waals surface area contributed by atoms with Gasteiger partial charge in [0.15, 0.2) is 0 Å². The fourth-order valence-corrected chi connectivity index (χ4v) is 5.73. The van der Waals surface area contributed by atoms with Gasteiger partial charge in [-0.1, -0.05) is 35.9 Å². The Morgan fingerprint density at radius 3 is 2.85 bits per heavy atom. The molecule has 1 aliphatic carbocycles. The minimum Gasteiger partial charge on any atom is -0.303 e. The number of carbonyl (C=O) groups is 2. The molecule has 0 N–H and O–H groups in total. The standard InChI is InChI=1S/C22H24N2O2/c1-3-14-13-23(2)11-10-22-17-6-4-5-7-18(17)24-20(26)9-8-15(21(22)24)16(14)12-19(22)25/h3-8,16,21H,9-13H2,1-2H3/b14-3-/t16-,21-,22+/m0/s1. The number of nitrogens with zero attached hydrogens (tertiary/aromatic N) is 2. The Kier molecular flexibility index (Phi) is 3.32. The summed E-state index contributed by atoms with van der Waals surface area (Å²) in [7, 11) is 2.14. The number of para-hydroxylation sites is 1. The maximum absolute atomic E-state index is 13.6. The minimum atomic E-state index is -0.577. The van der Waals surface area contributed by atoms with Gasteiger partial charge >= 0.3 is 0 Å². The van der Waals surface area contributed by atoms with E-state index in [1.807, 2.05) is 23.1 Å². The lowest BCUT2D eigenvalue weighted by atomic mass is 9.59. The van der Waals surface area contributed by atoms with Gasteiger partial charge in [-0.2, -0.15) is 0 Å². The molecule has 5 rings (SSSR count). The van der Waals surface area contributed by atoms with Crippen LogP contribution < -0.4 is 4.90 Å². The maximum Gasteiger partial charge on any atom is 0.231 e. The average Bonchev–Trinajstić information content (AvgIpc) is 2.99. The normalized spacial score (nSPS) is 34.9. The van der Waals surface area contributed by atoms with Crippen molar-refractivity contribution in [1.29, 1.82) is 0 Å². The molecule has 1 amide bonds. The molecule has 1 aromatic rings. The summed E-state index contributed by atoms with van der Waals surface area (Å²) >= 11 is 0. The van der Waals surface area contributed by atoms with Crippen molar-refractivity contribution in [3.63, 3.8) is 0 Å². The number of hydrogen-bond acceptors (Lipinski definition) is 3. The van der Waals surface area contributed by atoms with Crippen molar-refractivity contribution in [1.82, 2.24) is 4.90 Å². The van der Waals surface area contributed by atoms with Crippen LogP contribution in [-0.4, -0.2) is 42.8 Å². The molecule has 1 saturated heterocycles. The zero-order chi connectivity index (χ0) is 18.1. The molecule has 1 spiro atoms. The highest BCUT2D eigenvalue weighted by Gasteiger charge is 2.62. The summed E-state index contributed by atoms with van der Waals surface area (Å²) in [5, 5.41) is 0. The van der Waals surface area contributed by atoms with Gasteiger partial charge < -0.3 is 9.80 Å². The van der Waals surface area contributed by atoms with Gasteiger partial charge in [0.2, 0.25) is 5.91 Å². The van der Waals surface area contributed by atoms with E-state index < -0.39 is 5.41 Å². The molecular formula is C22H24N2O2. The summed E-state index contributed by atoms with van der Waals surface area (Å²) in [6.45, 7) is 3.82. The minimum absolute atomic E-state index is 0.121. The molecule has 3 atom stereocenters. The van der Waals surface area contributed by atoms with E-state index in [4.69, 9.17) is 0 Å². The van der Waals surface area contributed by atoms with E-state index in [-0.39, 0.29) is 17.9 Å². The Balaban J connectivity index is 1.82. The van der Waals surface area contributed by atoms with Gasteiger partial charge in [-0.15, -0.1) is 0 Å². The van der Waals surface area contributed by atoms with Crippen LogP contribution in [0.1, 0.15) is 31.7 Å². The molecule has 0 unspecified atom stereocenters. The lowest BCUT2D eigenvalue weighted by Crippen LogP contribution is -2.58. The first-order valence-electron chi connectivity index (χ1n) is 9.56. The third-order valence-corrected chi connectivity index (χ3v) is 6.91. The number of ketones is 1. The van der Waals surface area contributed by atoms with Crippen molar-refractivity contribution >= 4 is 17.4 Å². The molecular weight excluding hydrogens is 324 g/mol. The van der Waals surface area contributed by atoms with E-state index in [1.54, 1.807) is 0 Å². The SMILES string of the molecule is C/C=C1/CN(C)CC[C@]23C(=O)C[C@@H]1C1=CCC(=O)N(c4ccccc42)[C@@H]13. The Bertz CT molecular complexity index is 884. The van der Waals surface area contributed by atoms with Gasteiger partial charge in [-0.3, -0.25) is 9.59 Å². The number of hydrogen-bond donors (Lipinski definition) is 0. The zero-order valence-corrected chi connectivity index (χ0v) is 15.4. The highest BCUT2D eigenvalue weighted by atomic mass is 16.2. The van der Waals surface area contributed by atoms with Gasteiger partial charge in [0.25, 0.3) is 0 Å². The Morgan fingerprint density at radius 2 is 2.04 bits per heavy atom. The summed E-state index contributed by atoms with van der Waals surface area (Å²) in [5.41, 5.74) is 4.04. The first-order valence-corrected chi connectivity index (χ1v) is 9.56. The van der Waals surface area contributed by atoms with Gasteiger partial charge in [0.05, 0.1) is 11.5 Å². The monoisotopic (exact) mass is 348 g/mol. The number of likely N-dealkylation sites (N-methyl/N-ethyl adjacent to an activating group) is 1. The predicted molar refractivity (Wildman–Crippen MR) is 101 cm³/mol. The second-order valence-corrected chi connectivity index (χ2v) is 8.09. The molecule has 0 aromatic heterocycles. The number of amides is 1. The Morgan fingerprint density at radius 1 is 1.23 bits per heavy atom. The molecule has 2 fully saturated rings. The number of allylic oxidation sites excluding steroid dienone is 1. The number of Topliss-reactive ketones (excluding diaryl/α,β-unsaturated/α-hetero) is 1. The largest absolute Gasteiger partial charge is 0.303 e. The Labute approximate surface area is 154 Å². The molecule has 2 bridgehead atoms. The van der Waals surface area contributed by atoms with Crippen LogP contribution in [0.25, 0.3) is 0 Å². The number of carbonyl (C=O) groups excluding carboxylic acids is 2. The van der Waals surface area contributed by atoms with Crippen LogP contribution in [0.5, 0.6) is 0 Å². The van der Waals surface area contributed by atoms with E-state index in [0.717, 1.165) is 30.8 Å². The summed E-state index contributed by atoms with van der Waals surface area (Å²) in [6.07, 6.45) is 6.08. The molecule has 4 nitrogen and oxygen atoms in total. The predicted octanol–water partition coefficient (Wildman–Crippen LogP) is 2.84. The lowest BCUT2D eigenvalue weighted by molar-refractivity contribution is -0.127. The topological polar surface area (TPSA) is 40.6 Å². The van der Waals surface area contributed by atoms with Crippen molar-refractivity contribution in [2.24, 2.45) is 5.92 Å². The summed E-state index contributed by atoms with van der Waals surface area (Å²) in [5.74, 6) is 0.566. The molecule has 4 aliphatic rings.